The van der Waals surface area contributed by atoms with Gasteiger partial charge in [-0.1, -0.05) is 23.9 Å². The fourth-order valence-corrected chi connectivity index (χ4v) is 1.89. The minimum absolute atomic E-state index is 0.0304. The van der Waals surface area contributed by atoms with Crippen LogP contribution in [0.2, 0.25) is 0 Å². The van der Waals surface area contributed by atoms with Crippen LogP contribution in [0.25, 0.3) is 0 Å². The predicted molar refractivity (Wildman–Crippen MR) is 66.0 cm³/mol. The molecule has 0 aliphatic heterocycles. The first-order chi connectivity index (χ1) is 7.61. The van der Waals surface area contributed by atoms with Crippen molar-refractivity contribution >= 4 is 16.9 Å². The van der Waals surface area contributed by atoms with Crippen molar-refractivity contribution in [2.75, 3.05) is 12.9 Å². The largest absolute Gasteiger partial charge is 0.507 e. The molecule has 1 aromatic rings. The van der Waals surface area contributed by atoms with Gasteiger partial charge in [0.15, 0.2) is 0 Å². The molecule has 0 aliphatic rings. The van der Waals surface area contributed by atoms with Crippen LogP contribution in [-0.2, 0) is 4.74 Å². The molecule has 0 spiro atoms. The van der Waals surface area contributed by atoms with Gasteiger partial charge in [-0.15, -0.1) is 0 Å². The first-order valence-electron chi connectivity index (χ1n) is 5.13. The molecule has 0 bridgehead atoms. The van der Waals surface area contributed by atoms with Crippen LogP contribution in [0.5, 0.6) is 5.75 Å². The SMILES string of the molecule is CCO[C@@H](C)c1cccc(C(=O)SC)c1O. The Hall–Kier alpha value is -1.00. The summed E-state index contributed by atoms with van der Waals surface area (Å²) in [6, 6.07) is 5.15. The Morgan fingerprint density at radius 1 is 1.56 bits per heavy atom. The summed E-state index contributed by atoms with van der Waals surface area (Å²) in [5.41, 5.74) is 0.998. The van der Waals surface area contributed by atoms with Gasteiger partial charge >= 0.3 is 0 Å². The van der Waals surface area contributed by atoms with E-state index in [0.29, 0.717) is 17.7 Å². The topological polar surface area (TPSA) is 46.5 Å². The molecule has 0 radical (unpaired) electrons. The molecule has 0 unspecified atom stereocenters. The molecule has 0 amide bonds. The molecule has 1 atom stereocenters. The van der Waals surface area contributed by atoms with E-state index in [-0.39, 0.29) is 17.0 Å². The molecular formula is C12H16O3S. The van der Waals surface area contributed by atoms with Crippen molar-refractivity contribution in [2.45, 2.75) is 20.0 Å². The first-order valence-corrected chi connectivity index (χ1v) is 6.36. The van der Waals surface area contributed by atoms with Gasteiger partial charge in [-0.3, -0.25) is 4.79 Å². The summed E-state index contributed by atoms with van der Waals surface area (Å²) in [7, 11) is 0. The number of carbonyl (C=O) groups excluding carboxylic acids is 1. The van der Waals surface area contributed by atoms with E-state index in [9.17, 15) is 9.90 Å². The predicted octanol–water partition coefficient (Wildman–Crippen LogP) is 2.99. The van der Waals surface area contributed by atoms with Gasteiger partial charge in [0, 0.05) is 12.2 Å². The molecule has 16 heavy (non-hydrogen) atoms. The molecule has 0 heterocycles. The third kappa shape index (κ3) is 2.77. The first kappa shape index (κ1) is 13.1. The van der Waals surface area contributed by atoms with Gasteiger partial charge in [-0.2, -0.15) is 0 Å². The highest BCUT2D eigenvalue weighted by molar-refractivity contribution is 8.13. The van der Waals surface area contributed by atoms with Gasteiger partial charge < -0.3 is 9.84 Å². The van der Waals surface area contributed by atoms with Gasteiger partial charge in [0.2, 0.25) is 5.12 Å². The Bertz CT molecular complexity index is 377. The van der Waals surface area contributed by atoms with Crippen LogP contribution in [0.3, 0.4) is 0 Å². The summed E-state index contributed by atoms with van der Waals surface area (Å²) >= 11 is 1.09. The van der Waals surface area contributed by atoms with E-state index in [2.05, 4.69) is 0 Å². The molecule has 1 N–H and O–H groups in total. The lowest BCUT2D eigenvalue weighted by Gasteiger charge is -2.15. The van der Waals surface area contributed by atoms with E-state index < -0.39 is 0 Å². The van der Waals surface area contributed by atoms with Crippen molar-refractivity contribution < 1.29 is 14.6 Å². The van der Waals surface area contributed by atoms with Crippen molar-refractivity contribution in [1.29, 1.82) is 0 Å². The van der Waals surface area contributed by atoms with Crippen molar-refractivity contribution in [3.63, 3.8) is 0 Å². The molecule has 1 rings (SSSR count). The van der Waals surface area contributed by atoms with E-state index in [4.69, 9.17) is 4.74 Å². The Morgan fingerprint density at radius 2 is 2.25 bits per heavy atom. The van der Waals surface area contributed by atoms with Gasteiger partial charge in [0.1, 0.15) is 5.75 Å². The third-order valence-electron chi connectivity index (χ3n) is 2.33. The van der Waals surface area contributed by atoms with Crippen LogP contribution >= 0.6 is 11.8 Å². The van der Waals surface area contributed by atoms with Crippen molar-refractivity contribution in [3.8, 4) is 5.75 Å². The lowest BCUT2D eigenvalue weighted by molar-refractivity contribution is 0.0745. The van der Waals surface area contributed by atoms with E-state index in [0.717, 1.165) is 11.8 Å². The molecule has 0 saturated carbocycles. The molecule has 4 heteroatoms. The monoisotopic (exact) mass is 240 g/mol. The fourth-order valence-electron chi connectivity index (χ4n) is 1.50. The highest BCUT2D eigenvalue weighted by Crippen LogP contribution is 2.31. The third-order valence-corrected chi connectivity index (χ3v) is 2.92. The normalized spacial score (nSPS) is 12.4. The summed E-state index contributed by atoms with van der Waals surface area (Å²) in [5.74, 6) is 0.0304. The quantitative estimate of drug-likeness (QED) is 0.878. The van der Waals surface area contributed by atoms with Crippen molar-refractivity contribution in [1.82, 2.24) is 0 Å². The summed E-state index contributed by atoms with van der Waals surface area (Å²) in [6.45, 7) is 4.32. The van der Waals surface area contributed by atoms with E-state index in [1.807, 2.05) is 13.8 Å². The van der Waals surface area contributed by atoms with E-state index >= 15 is 0 Å². The van der Waals surface area contributed by atoms with Crippen LogP contribution in [0.1, 0.15) is 35.9 Å². The molecule has 0 saturated heterocycles. The lowest BCUT2D eigenvalue weighted by atomic mass is 10.1. The van der Waals surface area contributed by atoms with Gasteiger partial charge in [0.25, 0.3) is 0 Å². The van der Waals surface area contributed by atoms with Crippen LogP contribution in [-0.4, -0.2) is 23.1 Å². The number of hydrogen-bond donors (Lipinski definition) is 1. The zero-order chi connectivity index (χ0) is 12.1. The zero-order valence-corrected chi connectivity index (χ0v) is 10.5. The Morgan fingerprint density at radius 3 is 2.81 bits per heavy atom. The van der Waals surface area contributed by atoms with E-state index in [1.54, 1.807) is 24.5 Å². The molecule has 1 aromatic carbocycles. The van der Waals surface area contributed by atoms with Crippen LogP contribution in [0.15, 0.2) is 18.2 Å². The second-order valence-electron chi connectivity index (χ2n) is 3.33. The molecule has 0 aliphatic carbocycles. The van der Waals surface area contributed by atoms with Gasteiger partial charge in [-0.05, 0) is 26.2 Å². The molecule has 88 valence electrons. The smallest absolute Gasteiger partial charge is 0.222 e. The lowest BCUT2D eigenvalue weighted by Crippen LogP contribution is -2.02. The van der Waals surface area contributed by atoms with Crippen LogP contribution in [0.4, 0.5) is 0 Å². The number of carbonyl (C=O) groups is 1. The fraction of sp³-hybridized carbons (Fsp3) is 0.417. The summed E-state index contributed by atoms with van der Waals surface area (Å²) in [4.78, 5) is 11.5. The average Bonchev–Trinajstić information content (AvgIpc) is 2.28. The van der Waals surface area contributed by atoms with Gasteiger partial charge in [-0.25, -0.2) is 0 Å². The Balaban J connectivity index is 3.08. The number of phenols is 1. The summed E-state index contributed by atoms with van der Waals surface area (Å²) in [5, 5.41) is 9.84. The number of thioether (sulfide) groups is 1. The number of para-hydroxylation sites is 1. The minimum atomic E-state index is -0.209. The van der Waals surface area contributed by atoms with Crippen molar-refractivity contribution in [2.24, 2.45) is 0 Å². The molecular weight excluding hydrogens is 224 g/mol. The standard InChI is InChI=1S/C12H16O3S/c1-4-15-8(2)9-6-5-7-10(11(9)13)12(14)16-3/h5-8,13H,4H2,1-3H3/t8-/m0/s1. The van der Waals surface area contributed by atoms with Crippen LogP contribution in [0, 0.1) is 0 Å². The number of rotatable bonds is 4. The maximum Gasteiger partial charge on any atom is 0.222 e. The zero-order valence-electron chi connectivity index (χ0n) is 9.69. The second-order valence-corrected chi connectivity index (χ2v) is 4.11. The summed E-state index contributed by atoms with van der Waals surface area (Å²) in [6.07, 6.45) is 1.49. The highest BCUT2D eigenvalue weighted by Gasteiger charge is 2.17. The highest BCUT2D eigenvalue weighted by atomic mass is 32.2. The number of hydrogen-bond acceptors (Lipinski definition) is 4. The molecule has 0 aromatic heterocycles. The van der Waals surface area contributed by atoms with Gasteiger partial charge in [0.05, 0.1) is 11.7 Å². The molecule has 3 nitrogen and oxygen atoms in total. The Kier molecular flexibility index (Phi) is 4.83. The average molecular weight is 240 g/mol. The summed E-state index contributed by atoms with van der Waals surface area (Å²) < 4.78 is 5.40. The Labute approximate surface area is 99.8 Å². The van der Waals surface area contributed by atoms with Crippen molar-refractivity contribution in [3.05, 3.63) is 29.3 Å². The minimum Gasteiger partial charge on any atom is -0.507 e. The van der Waals surface area contributed by atoms with Crippen LogP contribution < -0.4 is 0 Å². The maximum absolute atomic E-state index is 11.5. The number of aromatic hydroxyl groups is 1. The second kappa shape index (κ2) is 5.92. The molecule has 0 fully saturated rings. The maximum atomic E-state index is 11.5. The number of phenolic OH excluding ortho intramolecular Hbond substituents is 1. The number of ether oxygens (including phenoxy) is 1. The van der Waals surface area contributed by atoms with E-state index in [1.165, 1.54) is 0 Å². The number of benzene rings is 1.